The Labute approximate surface area is 119 Å². The molecule has 1 N–H and O–H groups in total. The predicted octanol–water partition coefficient (Wildman–Crippen LogP) is 4.19. The van der Waals surface area contributed by atoms with Crippen molar-refractivity contribution in [3.05, 3.63) is 63.1 Å². The number of hydrogen-bond donors (Lipinski definition) is 1. The average Bonchev–Trinajstić information content (AvgIpc) is 2.41. The zero-order valence-electron chi connectivity index (χ0n) is 9.73. The molecule has 0 aromatic heterocycles. The van der Waals surface area contributed by atoms with Gasteiger partial charge in [0.25, 0.3) is 0 Å². The Bertz CT molecular complexity index is 540. The van der Waals surface area contributed by atoms with Crippen molar-refractivity contribution in [3.8, 4) is 5.75 Å². The Kier molecular flexibility index (Phi) is 4.27. The van der Waals surface area contributed by atoms with E-state index in [1.165, 1.54) is 0 Å². The van der Waals surface area contributed by atoms with Gasteiger partial charge in [-0.1, -0.05) is 35.9 Å². The Hall–Kier alpha value is -1.03. The summed E-state index contributed by atoms with van der Waals surface area (Å²) in [5, 5.41) is 10.8. The second-order valence-corrected chi connectivity index (χ2v) is 5.05. The van der Waals surface area contributed by atoms with Gasteiger partial charge in [-0.25, -0.2) is 0 Å². The van der Waals surface area contributed by atoms with E-state index in [1.54, 1.807) is 7.11 Å². The van der Waals surface area contributed by atoms with Gasteiger partial charge in [-0.05, 0) is 39.7 Å². The molecule has 1 unspecified atom stereocenters. The van der Waals surface area contributed by atoms with E-state index in [2.05, 4.69) is 15.9 Å². The minimum absolute atomic E-state index is 0.529. The first-order valence-electron chi connectivity index (χ1n) is 5.39. The van der Waals surface area contributed by atoms with E-state index in [1.807, 2.05) is 42.5 Å². The summed E-state index contributed by atoms with van der Waals surface area (Å²) in [6.45, 7) is 0. The lowest BCUT2D eigenvalue weighted by Crippen LogP contribution is -2.00. The standard InChI is InChI=1S/C14H12BrClO2/c1-18-10-7-5-9(6-8-10)14(17)11-3-2-4-12(15)13(11)16/h2-8,14,17H,1H3. The maximum Gasteiger partial charge on any atom is 0.118 e. The molecule has 0 amide bonds. The SMILES string of the molecule is COc1ccc(C(O)c2cccc(Br)c2Cl)cc1. The first-order chi connectivity index (χ1) is 8.63. The number of benzene rings is 2. The fourth-order valence-electron chi connectivity index (χ4n) is 1.70. The van der Waals surface area contributed by atoms with Crippen LogP contribution in [0.3, 0.4) is 0 Å². The van der Waals surface area contributed by atoms with Crippen molar-refractivity contribution in [2.45, 2.75) is 6.10 Å². The summed E-state index contributed by atoms with van der Waals surface area (Å²) in [5.41, 5.74) is 1.45. The number of rotatable bonds is 3. The molecule has 94 valence electrons. The highest BCUT2D eigenvalue weighted by Crippen LogP contribution is 2.33. The third-order valence-electron chi connectivity index (χ3n) is 2.71. The summed E-state index contributed by atoms with van der Waals surface area (Å²) in [5.74, 6) is 0.756. The van der Waals surface area contributed by atoms with Gasteiger partial charge >= 0.3 is 0 Å². The minimum atomic E-state index is -0.749. The van der Waals surface area contributed by atoms with Crippen LogP contribution in [-0.2, 0) is 0 Å². The molecule has 0 heterocycles. The highest BCUT2D eigenvalue weighted by molar-refractivity contribution is 9.10. The van der Waals surface area contributed by atoms with Gasteiger partial charge in [-0.15, -0.1) is 0 Å². The maximum atomic E-state index is 10.3. The van der Waals surface area contributed by atoms with Crippen LogP contribution in [0.1, 0.15) is 17.2 Å². The zero-order chi connectivity index (χ0) is 13.1. The maximum absolute atomic E-state index is 10.3. The van der Waals surface area contributed by atoms with Crippen LogP contribution in [0.15, 0.2) is 46.9 Å². The van der Waals surface area contributed by atoms with Crippen LogP contribution < -0.4 is 4.74 Å². The molecule has 0 radical (unpaired) electrons. The predicted molar refractivity (Wildman–Crippen MR) is 76.2 cm³/mol. The Morgan fingerprint density at radius 2 is 1.83 bits per heavy atom. The highest BCUT2D eigenvalue weighted by atomic mass is 79.9. The molecule has 0 fully saturated rings. The fourth-order valence-corrected chi connectivity index (χ4v) is 2.31. The quantitative estimate of drug-likeness (QED) is 0.916. The fraction of sp³-hybridized carbons (Fsp3) is 0.143. The molecule has 0 bridgehead atoms. The zero-order valence-corrected chi connectivity index (χ0v) is 12.1. The van der Waals surface area contributed by atoms with Crippen LogP contribution in [0, 0.1) is 0 Å². The van der Waals surface area contributed by atoms with Gasteiger partial charge in [0.05, 0.1) is 12.1 Å². The lowest BCUT2D eigenvalue weighted by molar-refractivity contribution is 0.220. The topological polar surface area (TPSA) is 29.5 Å². The molecule has 2 aromatic carbocycles. The van der Waals surface area contributed by atoms with Gasteiger partial charge in [0.1, 0.15) is 11.9 Å². The largest absolute Gasteiger partial charge is 0.497 e. The second-order valence-electron chi connectivity index (χ2n) is 3.82. The van der Waals surface area contributed by atoms with Gasteiger partial charge in [0.15, 0.2) is 0 Å². The van der Waals surface area contributed by atoms with Crippen LogP contribution in [0.25, 0.3) is 0 Å². The Morgan fingerprint density at radius 1 is 1.17 bits per heavy atom. The van der Waals surface area contributed by atoms with E-state index in [0.717, 1.165) is 15.8 Å². The third-order valence-corrected chi connectivity index (χ3v) is 4.02. The molecule has 0 saturated heterocycles. The number of hydrogen-bond acceptors (Lipinski definition) is 2. The van der Waals surface area contributed by atoms with Crippen LogP contribution in [0.5, 0.6) is 5.75 Å². The number of aliphatic hydroxyl groups excluding tert-OH is 1. The molecule has 4 heteroatoms. The molecule has 0 aliphatic rings. The number of aliphatic hydroxyl groups is 1. The van der Waals surface area contributed by atoms with Crippen molar-refractivity contribution < 1.29 is 9.84 Å². The minimum Gasteiger partial charge on any atom is -0.497 e. The number of ether oxygens (including phenoxy) is 1. The third kappa shape index (κ3) is 2.69. The molecular formula is C14H12BrClO2. The van der Waals surface area contributed by atoms with E-state index in [9.17, 15) is 5.11 Å². The summed E-state index contributed by atoms with van der Waals surface area (Å²) >= 11 is 9.51. The second kappa shape index (κ2) is 5.74. The van der Waals surface area contributed by atoms with E-state index in [4.69, 9.17) is 16.3 Å². The van der Waals surface area contributed by atoms with Crippen LogP contribution in [-0.4, -0.2) is 12.2 Å². The summed E-state index contributed by atoms with van der Waals surface area (Å²) in [6, 6.07) is 12.8. The number of methoxy groups -OCH3 is 1. The Morgan fingerprint density at radius 3 is 2.44 bits per heavy atom. The number of halogens is 2. The monoisotopic (exact) mass is 326 g/mol. The van der Waals surface area contributed by atoms with Crippen LogP contribution in [0.2, 0.25) is 5.02 Å². The van der Waals surface area contributed by atoms with Gasteiger partial charge in [0.2, 0.25) is 0 Å². The first kappa shape index (κ1) is 13.4. The molecule has 0 aliphatic heterocycles. The van der Waals surface area contributed by atoms with Crippen molar-refractivity contribution in [1.29, 1.82) is 0 Å². The molecule has 2 rings (SSSR count). The van der Waals surface area contributed by atoms with E-state index in [0.29, 0.717) is 10.6 Å². The van der Waals surface area contributed by atoms with E-state index < -0.39 is 6.10 Å². The highest BCUT2D eigenvalue weighted by Gasteiger charge is 2.15. The Balaban J connectivity index is 2.35. The van der Waals surface area contributed by atoms with Crippen molar-refractivity contribution in [3.63, 3.8) is 0 Å². The van der Waals surface area contributed by atoms with Gasteiger partial charge in [-0.3, -0.25) is 0 Å². The normalized spacial score (nSPS) is 12.2. The summed E-state index contributed by atoms with van der Waals surface area (Å²) in [7, 11) is 1.61. The van der Waals surface area contributed by atoms with Gasteiger partial charge in [-0.2, -0.15) is 0 Å². The molecule has 0 saturated carbocycles. The van der Waals surface area contributed by atoms with Crippen LogP contribution >= 0.6 is 27.5 Å². The molecule has 18 heavy (non-hydrogen) atoms. The van der Waals surface area contributed by atoms with Crippen molar-refractivity contribution in [1.82, 2.24) is 0 Å². The van der Waals surface area contributed by atoms with Crippen molar-refractivity contribution in [2.24, 2.45) is 0 Å². The molecule has 0 aliphatic carbocycles. The molecule has 1 atom stereocenters. The van der Waals surface area contributed by atoms with Crippen molar-refractivity contribution in [2.75, 3.05) is 7.11 Å². The first-order valence-corrected chi connectivity index (χ1v) is 6.56. The summed E-state index contributed by atoms with van der Waals surface area (Å²) in [4.78, 5) is 0. The molecule has 2 aromatic rings. The van der Waals surface area contributed by atoms with E-state index >= 15 is 0 Å². The smallest absolute Gasteiger partial charge is 0.118 e. The van der Waals surface area contributed by atoms with E-state index in [-0.39, 0.29) is 0 Å². The van der Waals surface area contributed by atoms with Gasteiger partial charge < -0.3 is 9.84 Å². The average molecular weight is 328 g/mol. The molecule has 2 nitrogen and oxygen atoms in total. The molecule has 0 spiro atoms. The summed E-state index contributed by atoms with van der Waals surface area (Å²) < 4.78 is 5.85. The van der Waals surface area contributed by atoms with Crippen molar-refractivity contribution >= 4 is 27.5 Å². The van der Waals surface area contributed by atoms with Gasteiger partial charge in [0, 0.05) is 10.0 Å². The lowest BCUT2D eigenvalue weighted by Gasteiger charge is -2.14. The summed E-state index contributed by atoms with van der Waals surface area (Å²) in [6.07, 6.45) is -0.749. The molecular weight excluding hydrogens is 316 g/mol. The van der Waals surface area contributed by atoms with Crippen LogP contribution in [0.4, 0.5) is 0 Å². The lowest BCUT2D eigenvalue weighted by atomic mass is 10.0.